The monoisotopic (exact) mass is 509 g/mol. The average molecular weight is 510 g/mol. The van der Waals surface area contributed by atoms with Crippen molar-refractivity contribution in [1.82, 2.24) is 14.9 Å². The minimum Gasteiger partial charge on any atom is -0.480 e. The van der Waals surface area contributed by atoms with Gasteiger partial charge >= 0.3 is 12.1 Å². The fraction of sp³-hybridized carbons (Fsp3) is 0.526. The zero-order valence-corrected chi connectivity index (χ0v) is 20.1. The molecule has 0 aliphatic carbocycles. The molecule has 0 radical (unpaired) electrons. The van der Waals surface area contributed by atoms with Crippen LogP contribution in [-0.4, -0.2) is 66.6 Å². The van der Waals surface area contributed by atoms with Gasteiger partial charge in [0.25, 0.3) is 0 Å². The van der Waals surface area contributed by atoms with Gasteiger partial charge in [0.15, 0.2) is 0 Å². The molecule has 2 rings (SSSR count). The van der Waals surface area contributed by atoms with Crippen LogP contribution in [0.1, 0.15) is 33.6 Å². The third-order valence-electron chi connectivity index (χ3n) is 4.41. The number of nitrogens with one attached hydrogen (secondary N) is 2. The van der Waals surface area contributed by atoms with Gasteiger partial charge < -0.3 is 20.5 Å². The zero-order chi connectivity index (χ0) is 24.3. The maximum Gasteiger partial charge on any atom is 0.407 e. The van der Waals surface area contributed by atoms with Crippen LogP contribution >= 0.6 is 23.2 Å². The van der Waals surface area contributed by atoms with Crippen molar-refractivity contribution in [2.45, 2.75) is 56.2 Å². The predicted molar refractivity (Wildman–Crippen MR) is 117 cm³/mol. The van der Waals surface area contributed by atoms with Crippen molar-refractivity contribution in [3.05, 3.63) is 28.2 Å². The van der Waals surface area contributed by atoms with Crippen molar-refractivity contribution in [3.63, 3.8) is 0 Å². The molecule has 1 aromatic rings. The molecule has 0 aromatic heterocycles. The van der Waals surface area contributed by atoms with Gasteiger partial charge in [-0.25, -0.2) is 18.0 Å². The van der Waals surface area contributed by atoms with Gasteiger partial charge in [-0.3, -0.25) is 4.79 Å². The van der Waals surface area contributed by atoms with Gasteiger partial charge in [-0.05, 0) is 51.8 Å². The highest BCUT2D eigenvalue weighted by atomic mass is 35.5. The molecule has 1 fully saturated rings. The van der Waals surface area contributed by atoms with E-state index in [4.69, 9.17) is 27.9 Å². The Hall–Kier alpha value is -2.08. The van der Waals surface area contributed by atoms with Gasteiger partial charge in [0.1, 0.15) is 17.7 Å². The molecular weight excluding hydrogens is 485 g/mol. The van der Waals surface area contributed by atoms with Crippen LogP contribution in [0.4, 0.5) is 4.79 Å². The molecule has 2 atom stereocenters. The number of carboxylic acids is 1. The molecule has 0 bridgehead atoms. The highest BCUT2D eigenvalue weighted by Gasteiger charge is 2.40. The molecule has 1 saturated heterocycles. The third kappa shape index (κ3) is 6.96. The minimum absolute atomic E-state index is 0.0679. The summed E-state index contributed by atoms with van der Waals surface area (Å²) in [5, 5.41) is 14.2. The van der Waals surface area contributed by atoms with Crippen molar-refractivity contribution in [2.24, 2.45) is 0 Å². The second-order valence-electron chi connectivity index (χ2n) is 8.16. The maximum atomic E-state index is 13.1. The number of sulfonamides is 1. The van der Waals surface area contributed by atoms with E-state index < -0.39 is 52.2 Å². The molecule has 0 spiro atoms. The smallest absolute Gasteiger partial charge is 0.407 e. The van der Waals surface area contributed by atoms with Crippen LogP contribution in [0.2, 0.25) is 10.0 Å². The van der Waals surface area contributed by atoms with Crippen LogP contribution in [0.25, 0.3) is 0 Å². The first-order valence-electron chi connectivity index (χ1n) is 9.68. The van der Waals surface area contributed by atoms with Crippen molar-refractivity contribution in [1.29, 1.82) is 0 Å². The summed E-state index contributed by atoms with van der Waals surface area (Å²) in [6.45, 7) is 4.56. The fourth-order valence-electron chi connectivity index (χ4n) is 3.07. The maximum absolute atomic E-state index is 13.1. The first-order valence-corrected chi connectivity index (χ1v) is 11.9. The largest absolute Gasteiger partial charge is 0.480 e. The van der Waals surface area contributed by atoms with Crippen LogP contribution in [-0.2, 0) is 24.3 Å². The van der Waals surface area contributed by atoms with E-state index in [1.165, 1.54) is 18.2 Å². The van der Waals surface area contributed by atoms with Crippen molar-refractivity contribution in [2.75, 3.05) is 13.1 Å². The summed E-state index contributed by atoms with van der Waals surface area (Å²) in [6.07, 6.45) is -0.244. The lowest BCUT2D eigenvalue weighted by Crippen LogP contribution is -2.54. The van der Waals surface area contributed by atoms with Gasteiger partial charge in [-0.2, -0.15) is 4.31 Å². The lowest BCUT2D eigenvalue weighted by Gasteiger charge is -2.25. The molecule has 1 aliphatic rings. The number of rotatable bonds is 7. The summed E-state index contributed by atoms with van der Waals surface area (Å²) in [5.74, 6) is -2.19. The van der Waals surface area contributed by atoms with Crippen LogP contribution < -0.4 is 10.6 Å². The normalized spacial score (nSPS) is 18.1. The van der Waals surface area contributed by atoms with E-state index in [9.17, 15) is 27.9 Å². The molecule has 32 heavy (non-hydrogen) atoms. The Morgan fingerprint density at radius 2 is 1.81 bits per heavy atom. The third-order valence-corrected chi connectivity index (χ3v) is 6.74. The summed E-state index contributed by atoms with van der Waals surface area (Å²) < 4.78 is 32.1. The number of alkyl carbamates (subject to hydrolysis) is 1. The number of amides is 2. The number of ether oxygens (including phenoxy) is 1. The molecule has 3 N–H and O–H groups in total. The first kappa shape index (κ1) is 26.2. The van der Waals surface area contributed by atoms with Crippen LogP contribution in [0, 0.1) is 0 Å². The standard InChI is InChI=1S/C19H25Cl2N3O7S/c1-19(2,3)31-18(28)22-10-14(17(26)27)23-16(25)15-5-4-6-24(15)32(29,30)13-8-11(20)7-12(21)9-13/h7-9,14-15H,4-6,10H2,1-3H3,(H,22,28)(H,23,25)(H,26,27)/t14-,15-/m0/s1. The number of hydrogen-bond acceptors (Lipinski definition) is 6. The molecule has 10 nitrogen and oxygen atoms in total. The SMILES string of the molecule is CC(C)(C)OC(=O)NC[C@H](NC(=O)[C@@H]1CCCN1S(=O)(=O)c1cc(Cl)cc(Cl)c1)C(=O)O. The summed E-state index contributed by atoms with van der Waals surface area (Å²) in [6, 6.07) is 1.22. The molecule has 0 unspecified atom stereocenters. The van der Waals surface area contributed by atoms with Gasteiger partial charge in [0, 0.05) is 16.6 Å². The lowest BCUT2D eigenvalue weighted by atomic mass is 10.2. The van der Waals surface area contributed by atoms with E-state index >= 15 is 0 Å². The molecule has 1 aromatic carbocycles. The van der Waals surface area contributed by atoms with Gasteiger partial charge in [0.2, 0.25) is 15.9 Å². The van der Waals surface area contributed by atoms with Gasteiger partial charge in [-0.1, -0.05) is 23.2 Å². The fourth-order valence-corrected chi connectivity index (χ4v) is 5.45. The van der Waals surface area contributed by atoms with Crippen LogP contribution in [0.3, 0.4) is 0 Å². The molecule has 1 heterocycles. The Labute approximate surface area is 196 Å². The number of halogens is 2. The van der Waals surface area contributed by atoms with Gasteiger partial charge in [0.05, 0.1) is 11.4 Å². The van der Waals surface area contributed by atoms with Gasteiger partial charge in [-0.15, -0.1) is 0 Å². The van der Waals surface area contributed by atoms with E-state index in [-0.39, 0.29) is 27.9 Å². The Balaban J connectivity index is 2.12. The highest BCUT2D eigenvalue weighted by Crippen LogP contribution is 2.29. The average Bonchev–Trinajstić information content (AvgIpc) is 3.13. The van der Waals surface area contributed by atoms with E-state index in [1.54, 1.807) is 20.8 Å². The highest BCUT2D eigenvalue weighted by molar-refractivity contribution is 7.89. The molecule has 2 amide bonds. The van der Waals surface area contributed by atoms with Crippen LogP contribution in [0.15, 0.2) is 23.1 Å². The van der Waals surface area contributed by atoms with Crippen molar-refractivity contribution in [3.8, 4) is 0 Å². The Bertz CT molecular complexity index is 975. The number of nitrogens with zero attached hydrogens (tertiary/aromatic N) is 1. The van der Waals surface area contributed by atoms with E-state index in [0.717, 1.165) is 4.31 Å². The number of aliphatic carboxylic acids is 1. The first-order chi connectivity index (χ1) is 14.7. The Morgan fingerprint density at radius 1 is 1.22 bits per heavy atom. The van der Waals surface area contributed by atoms with E-state index in [1.807, 2.05) is 0 Å². The van der Waals surface area contributed by atoms with Crippen molar-refractivity contribution >= 4 is 51.2 Å². The molecule has 0 saturated carbocycles. The van der Waals surface area contributed by atoms with Crippen LogP contribution in [0.5, 0.6) is 0 Å². The topological polar surface area (TPSA) is 142 Å². The summed E-state index contributed by atoms with van der Waals surface area (Å²) in [7, 11) is -4.11. The number of carbonyl (C=O) groups is 3. The van der Waals surface area contributed by atoms with E-state index in [2.05, 4.69) is 10.6 Å². The Morgan fingerprint density at radius 3 is 2.34 bits per heavy atom. The second-order valence-corrected chi connectivity index (χ2v) is 10.9. The quantitative estimate of drug-likeness (QED) is 0.511. The summed E-state index contributed by atoms with van der Waals surface area (Å²) in [5.41, 5.74) is -0.784. The second kappa shape index (κ2) is 10.2. The minimum atomic E-state index is -4.11. The zero-order valence-electron chi connectivity index (χ0n) is 17.7. The summed E-state index contributed by atoms with van der Waals surface area (Å²) >= 11 is 11.8. The lowest BCUT2D eigenvalue weighted by molar-refractivity contribution is -0.142. The number of hydrogen-bond donors (Lipinski definition) is 3. The molecule has 178 valence electrons. The molecular formula is C19H25Cl2N3O7S. The molecule has 13 heteroatoms. The molecule has 1 aliphatic heterocycles. The van der Waals surface area contributed by atoms with Crippen molar-refractivity contribution < 1.29 is 32.6 Å². The van der Waals surface area contributed by atoms with E-state index in [0.29, 0.717) is 6.42 Å². The Kier molecular flexibility index (Phi) is 8.38. The number of benzene rings is 1. The number of carboxylic acid groups (broad SMARTS) is 1. The predicted octanol–water partition coefficient (Wildman–Crippen LogP) is 2.24. The number of carbonyl (C=O) groups excluding carboxylic acids is 2. The summed E-state index contributed by atoms with van der Waals surface area (Å²) in [4.78, 5) is 35.9.